The van der Waals surface area contributed by atoms with E-state index >= 15 is 0 Å². The number of benzene rings is 1. The van der Waals surface area contributed by atoms with Crippen molar-refractivity contribution < 1.29 is 14.3 Å². The number of hydrogen-bond donors (Lipinski definition) is 0. The van der Waals surface area contributed by atoms with Crippen molar-refractivity contribution in [2.45, 2.75) is 46.3 Å². The summed E-state index contributed by atoms with van der Waals surface area (Å²) in [5.74, 6) is -0.375. The Balaban J connectivity index is 2.62. The van der Waals surface area contributed by atoms with Crippen LogP contribution in [-0.2, 0) is 14.3 Å². The summed E-state index contributed by atoms with van der Waals surface area (Å²) in [5.41, 5.74) is 2.02. The van der Waals surface area contributed by atoms with Crippen molar-refractivity contribution in [1.82, 2.24) is 4.98 Å². The van der Waals surface area contributed by atoms with Gasteiger partial charge in [0.15, 0.2) is 6.10 Å². The molecule has 0 radical (unpaired) electrons. The van der Waals surface area contributed by atoms with Crippen molar-refractivity contribution in [3.63, 3.8) is 0 Å². The second kappa shape index (κ2) is 7.13. The second-order valence-corrected chi connectivity index (χ2v) is 7.38. The van der Waals surface area contributed by atoms with Crippen molar-refractivity contribution >= 4 is 39.5 Å². The molecule has 0 saturated carbocycles. The highest BCUT2D eigenvalue weighted by Gasteiger charge is 2.32. The van der Waals surface area contributed by atoms with Crippen molar-refractivity contribution in [1.29, 1.82) is 0 Å². The van der Waals surface area contributed by atoms with Gasteiger partial charge < -0.3 is 9.47 Å². The standard InChI is InChI=1S/C18H22INO3/c1-6-22-17(21)16(23-18(3,4)5)14-11(2)20-13-10-8-7-9-12(13)15(14)19/h7-10,16H,6H2,1-5H3/t16-/m0/s1. The lowest BCUT2D eigenvalue weighted by atomic mass is 10.0. The number of carbonyl (C=O) groups is 1. The van der Waals surface area contributed by atoms with Gasteiger partial charge in [0.05, 0.1) is 17.7 Å². The molecule has 1 aromatic carbocycles. The minimum atomic E-state index is -0.779. The maximum Gasteiger partial charge on any atom is 0.340 e. The van der Waals surface area contributed by atoms with Crippen LogP contribution in [-0.4, -0.2) is 23.2 Å². The van der Waals surface area contributed by atoms with E-state index in [1.807, 2.05) is 52.0 Å². The summed E-state index contributed by atoms with van der Waals surface area (Å²) in [4.78, 5) is 17.1. The van der Waals surface area contributed by atoms with Crippen molar-refractivity contribution in [3.8, 4) is 0 Å². The van der Waals surface area contributed by atoms with Gasteiger partial charge in [-0.25, -0.2) is 4.79 Å². The number of ether oxygens (including phenoxy) is 2. The van der Waals surface area contributed by atoms with E-state index in [2.05, 4.69) is 27.6 Å². The fourth-order valence-electron chi connectivity index (χ4n) is 2.40. The maximum absolute atomic E-state index is 12.5. The Kier molecular flexibility index (Phi) is 5.62. The van der Waals surface area contributed by atoms with Crippen LogP contribution in [0, 0.1) is 10.5 Å². The molecule has 1 aromatic heterocycles. The Bertz CT molecular complexity index is 722. The van der Waals surface area contributed by atoms with Crippen molar-refractivity contribution in [2.75, 3.05) is 6.61 Å². The summed E-state index contributed by atoms with van der Waals surface area (Å²) in [5, 5.41) is 1.01. The lowest BCUT2D eigenvalue weighted by Gasteiger charge is -2.28. The summed E-state index contributed by atoms with van der Waals surface area (Å²) in [7, 11) is 0. The van der Waals surface area contributed by atoms with Crippen LogP contribution in [0.1, 0.15) is 45.1 Å². The molecule has 1 atom stereocenters. The number of para-hydroxylation sites is 1. The largest absolute Gasteiger partial charge is 0.464 e. The zero-order valence-electron chi connectivity index (χ0n) is 14.1. The average Bonchev–Trinajstić information content (AvgIpc) is 2.45. The Morgan fingerprint density at radius 3 is 2.57 bits per heavy atom. The van der Waals surface area contributed by atoms with E-state index in [1.54, 1.807) is 6.92 Å². The molecule has 0 N–H and O–H groups in total. The lowest BCUT2D eigenvalue weighted by molar-refractivity contribution is -0.167. The first-order chi connectivity index (χ1) is 10.7. The van der Waals surface area contributed by atoms with E-state index < -0.39 is 11.7 Å². The summed E-state index contributed by atoms with van der Waals surface area (Å²) in [6.07, 6.45) is -0.779. The number of esters is 1. The molecule has 0 aliphatic carbocycles. The lowest BCUT2D eigenvalue weighted by Crippen LogP contribution is -2.30. The Morgan fingerprint density at radius 2 is 1.96 bits per heavy atom. The molecule has 2 rings (SSSR count). The van der Waals surface area contributed by atoms with Gasteiger partial charge in [0.25, 0.3) is 0 Å². The molecule has 124 valence electrons. The fourth-order valence-corrected chi connectivity index (χ4v) is 3.53. The first-order valence-corrected chi connectivity index (χ1v) is 8.71. The van der Waals surface area contributed by atoms with Gasteiger partial charge in [-0.15, -0.1) is 0 Å². The normalized spacial score (nSPS) is 13.1. The number of aromatic nitrogens is 1. The van der Waals surface area contributed by atoms with E-state index in [9.17, 15) is 4.79 Å². The first kappa shape index (κ1) is 18.1. The monoisotopic (exact) mass is 427 g/mol. The molecule has 0 aliphatic heterocycles. The second-order valence-electron chi connectivity index (χ2n) is 6.30. The Hall–Kier alpha value is -1.21. The molecule has 5 heteroatoms. The minimum absolute atomic E-state index is 0.319. The van der Waals surface area contributed by atoms with Crippen LogP contribution in [0.25, 0.3) is 10.9 Å². The van der Waals surface area contributed by atoms with Crippen LogP contribution < -0.4 is 0 Å². The third-order valence-corrected chi connectivity index (χ3v) is 4.45. The van der Waals surface area contributed by atoms with Gasteiger partial charge in [-0.2, -0.15) is 0 Å². The number of carbonyl (C=O) groups excluding carboxylic acids is 1. The van der Waals surface area contributed by atoms with E-state index in [0.29, 0.717) is 6.61 Å². The number of nitrogens with zero attached hydrogens (tertiary/aromatic N) is 1. The topological polar surface area (TPSA) is 48.4 Å². The molecular weight excluding hydrogens is 405 g/mol. The molecule has 0 bridgehead atoms. The maximum atomic E-state index is 12.5. The van der Waals surface area contributed by atoms with E-state index in [0.717, 1.165) is 25.7 Å². The van der Waals surface area contributed by atoms with Crippen LogP contribution in [0.15, 0.2) is 24.3 Å². The molecule has 0 aliphatic rings. The van der Waals surface area contributed by atoms with Gasteiger partial charge in [0, 0.05) is 20.2 Å². The predicted octanol–water partition coefficient (Wildman–Crippen LogP) is 4.57. The highest BCUT2D eigenvalue weighted by atomic mass is 127. The molecule has 2 aromatic rings. The van der Waals surface area contributed by atoms with Gasteiger partial charge in [-0.1, -0.05) is 18.2 Å². The molecule has 23 heavy (non-hydrogen) atoms. The Labute approximate surface area is 150 Å². The van der Waals surface area contributed by atoms with E-state index in [1.165, 1.54) is 0 Å². The molecule has 0 saturated heterocycles. The number of aryl methyl sites for hydroxylation is 1. The molecule has 0 amide bonds. The van der Waals surface area contributed by atoms with Gasteiger partial charge in [0.1, 0.15) is 0 Å². The van der Waals surface area contributed by atoms with Crippen LogP contribution >= 0.6 is 22.6 Å². The zero-order chi connectivity index (χ0) is 17.2. The number of rotatable bonds is 4. The average molecular weight is 427 g/mol. The number of halogens is 1. The molecule has 1 heterocycles. The summed E-state index contributed by atoms with van der Waals surface area (Å²) >= 11 is 2.27. The smallest absolute Gasteiger partial charge is 0.340 e. The highest BCUT2D eigenvalue weighted by molar-refractivity contribution is 14.1. The van der Waals surface area contributed by atoms with E-state index in [4.69, 9.17) is 9.47 Å². The third-order valence-electron chi connectivity index (χ3n) is 3.29. The molecular formula is C18H22INO3. The first-order valence-electron chi connectivity index (χ1n) is 7.63. The molecule has 0 unspecified atom stereocenters. The van der Waals surface area contributed by atoms with Crippen LogP contribution in [0.3, 0.4) is 0 Å². The number of hydrogen-bond acceptors (Lipinski definition) is 4. The predicted molar refractivity (Wildman–Crippen MR) is 99.4 cm³/mol. The SMILES string of the molecule is CCOC(=O)[C@@H](OC(C)(C)C)c1c(C)nc2ccccc2c1I. The van der Waals surface area contributed by atoms with E-state index in [-0.39, 0.29) is 5.97 Å². The van der Waals surface area contributed by atoms with Crippen LogP contribution in [0.2, 0.25) is 0 Å². The quantitative estimate of drug-likeness (QED) is 0.530. The van der Waals surface area contributed by atoms with Gasteiger partial charge >= 0.3 is 5.97 Å². The van der Waals surface area contributed by atoms with Crippen LogP contribution in [0.4, 0.5) is 0 Å². The van der Waals surface area contributed by atoms with Crippen molar-refractivity contribution in [2.24, 2.45) is 0 Å². The zero-order valence-corrected chi connectivity index (χ0v) is 16.3. The Morgan fingerprint density at radius 1 is 1.30 bits per heavy atom. The summed E-state index contributed by atoms with van der Waals surface area (Å²) in [6, 6.07) is 7.90. The molecule has 4 nitrogen and oxygen atoms in total. The van der Waals surface area contributed by atoms with Gasteiger partial charge in [-0.05, 0) is 63.3 Å². The third kappa shape index (κ3) is 4.20. The van der Waals surface area contributed by atoms with Crippen LogP contribution in [0.5, 0.6) is 0 Å². The number of pyridine rings is 1. The van der Waals surface area contributed by atoms with Gasteiger partial charge in [0.2, 0.25) is 0 Å². The summed E-state index contributed by atoms with van der Waals surface area (Å²) in [6.45, 7) is 9.80. The highest BCUT2D eigenvalue weighted by Crippen LogP contribution is 2.34. The minimum Gasteiger partial charge on any atom is -0.464 e. The fraction of sp³-hybridized carbons (Fsp3) is 0.444. The number of fused-ring (bicyclic) bond motifs is 1. The molecule has 0 fully saturated rings. The van der Waals surface area contributed by atoms with Gasteiger partial charge in [-0.3, -0.25) is 4.98 Å². The van der Waals surface area contributed by atoms with Crippen molar-refractivity contribution in [3.05, 3.63) is 39.1 Å². The molecule has 0 spiro atoms. The summed E-state index contributed by atoms with van der Waals surface area (Å²) < 4.78 is 12.2.